The molecular formula is C19H30N2O3S. The summed E-state index contributed by atoms with van der Waals surface area (Å²) in [5.41, 5.74) is 2.01. The van der Waals surface area contributed by atoms with Gasteiger partial charge in [0, 0.05) is 25.7 Å². The van der Waals surface area contributed by atoms with Crippen molar-refractivity contribution in [1.29, 1.82) is 0 Å². The number of nitrogens with zero attached hydrogens (tertiary/aromatic N) is 1. The number of rotatable bonds is 6. The molecule has 0 aromatic heterocycles. The maximum atomic E-state index is 12.7. The molecular weight excluding hydrogens is 336 g/mol. The Bertz CT molecular complexity index is 634. The first-order chi connectivity index (χ1) is 12.1. The summed E-state index contributed by atoms with van der Waals surface area (Å²) in [6.07, 6.45) is 7.73. The number of nitrogens with one attached hydrogen (secondary N) is 1. The third kappa shape index (κ3) is 5.51. The van der Waals surface area contributed by atoms with E-state index >= 15 is 0 Å². The molecule has 1 saturated heterocycles. The van der Waals surface area contributed by atoms with Gasteiger partial charge in [0.25, 0.3) is 0 Å². The monoisotopic (exact) mass is 366 g/mol. The van der Waals surface area contributed by atoms with Gasteiger partial charge in [0.15, 0.2) is 0 Å². The predicted octanol–water partition coefficient (Wildman–Crippen LogP) is 2.66. The van der Waals surface area contributed by atoms with Gasteiger partial charge in [-0.1, -0.05) is 49.9 Å². The fourth-order valence-electron chi connectivity index (χ4n) is 3.72. The van der Waals surface area contributed by atoms with Gasteiger partial charge in [-0.05, 0) is 24.0 Å². The molecule has 25 heavy (non-hydrogen) atoms. The molecule has 0 amide bonds. The second-order valence-electron chi connectivity index (χ2n) is 7.11. The van der Waals surface area contributed by atoms with E-state index in [0.29, 0.717) is 32.3 Å². The van der Waals surface area contributed by atoms with E-state index < -0.39 is 10.0 Å². The zero-order valence-corrected chi connectivity index (χ0v) is 15.8. The molecule has 1 aromatic rings. The van der Waals surface area contributed by atoms with Crippen LogP contribution in [0.1, 0.15) is 49.7 Å². The average molecular weight is 367 g/mol. The van der Waals surface area contributed by atoms with Crippen molar-refractivity contribution in [1.82, 2.24) is 9.62 Å². The van der Waals surface area contributed by atoms with Gasteiger partial charge in [-0.25, -0.2) is 8.42 Å². The van der Waals surface area contributed by atoms with Gasteiger partial charge < -0.3 is 10.1 Å². The summed E-state index contributed by atoms with van der Waals surface area (Å²) in [6, 6.07) is 8.48. The minimum atomic E-state index is -3.28. The summed E-state index contributed by atoms with van der Waals surface area (Å²) in [6.45, 7) is 2.66. The van der Waals surface area contributed by atoms with E-state index in [1.807, 2.05) is 24.3 Å². The summed E-state index contributed by atoms with van der Waals surface area (Å²) < 4.78 is 32.2. The van der Waals surface area contributed by atoms with Gasteiger partial charge in [0.05, 0.1) is 19.0 Å². The van der Waals surface area contributed by atoms with E-state index in [-0.39, 0.29) is 5.75 Å². The minimum absolute atomic E-state index is 0.0789. The van der Waals surface area contributed by atoms with Crippen molar-refractivity contribution in [2.24, 2.45) is 0 Å². The van der Waals surface area contributed by atoms with Crippen molar-refractivity contribution in [2.45, 2.75) is 56.9 Å². The fourth-order valence-corrected chi connectivity index (χ4v) is 5.28. The van der Waals surface area contributed by atoms with Crippen LogP contribution < -0.4 is 5.32 Å². The Labute approximate surface area is 151 Å². The summed E-state index contributed by atoms with van der Waals surface area (Å²) in [4.78, 5) is 0. The molecule has 2 fully saturated rings. The lowest BCUT2D eigenvalue weighted by molar-refractivity contribution is 0.0729. The lowest BCUT2D eigenvalue weighted by Gasteiger charge is -2.26. The van der Waals surface area contributed by atoms with Crippen LogP contribution in [0.15, 0.2) is 24.3 Å². The Balaban J connectivity index is 1.63. The molecule has 0 radical (unpaired) electrons. The zero-order chi connectivity index (χ0) is 17.5. The lowest BCUT2D eigenvalue weighted by atomic mass is 10.1. The van der Waals surface area contributed by atoms with Gasteiger partial charge >= 0.3 is 0 Å². The van der Waals surface area contributed by atoms with Crippen LogP contribution in [0, 0.1) is 0 Å². The minimum Gasteiger partial charge on any atom is -0.379 e. The Morgan fingerprint density at radius 1 is 1.00 bits per heavy atom. The number of ether oxygens (including phenoxy) is 1. The Kier molecular flexibility index (Phi) is 6.87. The Morgan fingerprint density at radius 2 is 1.64 bits per heavy atom. The topological polar surface area (TPSA) is 58.6 Å². The van der Waals surface area contributed by atoms with E-state index in [4.69, 9.17) is 4.74 Å². The summed E-state index contributed by atoms with van der Waals surface area (Å²) in [5, 5.41) is 3.66. The third-order valence-corrected chi connectivity index (χ3v) is 7.08. The van der Waals surface area contributed by atoms with Crippen LogP contribution in [0.25, 0.3) is 0 Å². The number of hydrogen-bond acceptors (Lipinski definition) is 4. The van der Waals surface area contributed by atoms with Crippen LogP contribution in [0.5, 0.6) is 0 Å². The Hall–Kier alpha value is -0.950. The molecule has 0 unspecified atom stereocenters. The standard InChI is InChI=1S/C19H30N2O3S/c22-25(23,21-11-13-24-14-12-21)16-18-8-6-5-7-17(18)15-20-19-9-3-1-2-4-10-19/h5-8,19-20H,1-4,9-16H2. The summed E-state index contributed by atoms with van der Waals surface area (Å²) in [5.74, 6) is 0.0789. The highest BCUT2D eigenvalue weighted by Gasteiger charge is 2.25. The Morgan fingerprint density at radius 3 is 2.32 bits per heavy atom. The number of morpholine rings is 1. The van der Waals surface area contributed by atoms with Crippen LogP contribution in [0.3, 0.4) is 0 Å². The molecule has 140 valence electrons. The van der Waals surface area contributed by atoms with Crippen LogP contribution in [-0.2, 0) is 27.1 Å². The highest BCUT2D eigenvalue weighted by molar-refractivity contribution is 7.88. The molecule has 0 spiro atoms. The predicted molar refractivity (Wildman–Crippen MR) is 99.8 cm³/mol. The van der Waals surface area contributed by atoms with Crippen molar-refractivity contribution in [3.8, 4) is 0 Å². The van der Waals surface area contributed by atoms with E-state index in [2.05, 4.69) is 5.32 Å². The zero-order valence-electron chi connectivity index (χ0n) is 15.0. The molecule has 2 aliphatic rings. The van der Waals surface area contributed by atoms with E-state index in [9.17, 15) is 8.42 Å². The molecule has 1 aliphatic carbocycles. The molecule has 3 rings (SSSR count). The van der Waals surface area contributed by atoms with Crippen LogP contribution in [0.4, 0.5) is 0 Å². The van der Waals surface area contributed by atoms with Crippen molar-refractivity contribution < 1.29 is 13.2 Å². The maximum absolute atomic E-state index is 12.7. The molecule has 5 nitrogen and oxygen atoms in total. The molecule has 1 aliphatic heterocycles. The van der Waals surface area contributed by atoms with Crippen molar-refractivity contribution >= 4 is 10.0 Å². The number of benzene rings is 1. The fraction of sp³-hybridized carbons (Fsp3) is 0.684. The smallest absolute Gasteiger partial charge is 0.218 e. The maximum Gasteiger partial charge on any atom is 0.218 e. The first-order valence-electron chi connectivity index (χ1n) is 9.51. The molecule has 0 atom stereocenters. The largest absolute Gasteiger partial charge is 0.379 e. The number of sulfonamides is 1. The normalized spacial score (nSPS) is 21.1. The molecule has 1 aromatic carbocycles. The van der Waals surface area contributed by atoms with E-state index in [1.54, 1.807) is 4.31 Å². The lowest BCUT2D eigenvalue weighted by Crippen LogP contribution is -2.41. The highest BCUT2D eigenvalue weighted by Crippen LogP contribution is 2.20. The molecule has 6 heteroatoms. The molecule has 0 bridgehead atoms. The van der Waals surface area contributed by atoms with E-state index in [0.717, 1.165) is 17.7 Å². The highest BCUT2D eigenvalue weighted by atomic mass is 32.2. The number of hydrogen-bond donors (Lipinski definition) is 1. The quantitative estimate of drug-likeness (QED) is 0.787. The summed E-state index contributed by atoms with van der Waals surface area (Å²) in [7, 11) is -3.28. The molecule has 1 saturated carbocycles. The van der Waals surface area contributed by atoms with E-state index in [1.165, 1.54) is 38.5 Å². The molecule has 1 heterocycles. The van der Waals surface area contributed by atoms with Gasteiger partial charge in [-0.2, -0.15) is 4.31 Å². The third-order valence-electron chi connectivity index (χ3n) is 5.26. The first-order valence-corrected chi connectivity index (χ1v) is 11.1. The summed E-state index contributed by atoms with van der Waals surface area (Å²) >= 11 is 0. The van der Waals surface area contributed by atoms with Crippen LogP contribution >= 0.6 is 0 Å². The SMILES string of the molecule is O=S(=O)(Cc1ccccc1CNC1CCCCCC1)N1CCOCC1. The van der Waals surface area contributed by atoms with Gasteiger partial charge in [0.2, 0.25) is 10.0 Å². The van der Waals surface area contributed by atoms with Gasteiger partial charge in [-0.15, -0.1) is 0 Å². The van der Waals surface area contributed by atoms with Crippen molar-refractivity contribution in [2.75, 3.05) is 26.3 Å². The molecule has 1 N–H and O–H groups in total. The van der Waals surface area contributed by atoms with Crippen LogP contribution in [0.2, 0.25) is 0 Å². The van der Waals surface area contributed by atoms with Gasteiger partial charge in [-0.3, -0.25) is 0 Å². The van der Waals surface area contributed by atoms with Crippen molar-refractivity contribution in [3.05, 3.63) is 35.4 Å². The second-order valence-corrected chi connectivity index (χ2v) is 9.07. The average Bonchev–Trinajstić information content (AvgIpc) is 2.90. The second kappa shape index (κ2) is 9.12. The van der Waals surface area contributed by atoms with Crippen LogP contribution in [-0.4, -0.2) is 45.1 Å². The van der Waals surface area contributed by atoms with Crippen molar-refractivity contribution in [3.63, 3.8) is 0 Å². The van der Waals surface area contributed by atoms with Gasteiger partial charge in [0.1, 0.15) is 0 Å². The first kappa shape index (κ1) is 18.8.